The van der Waals surface area contributed by atoms with E-state index < -0.39 is 0 Å². The van der Waals surface area contributed by atoms with Crippen LogP contribution < -0.4 is 10.1 Å². The number of rotatable bonds is 9. The molecule has 0 amide bonds. The molecule has 0 aliphatic carbocycles. The van der Waals surface area contributed by atoms with Gasteiger partial charge in [-0.3, -0.25) is 4.99 Å². The van der Waals surface area contributed by atoms with Crippen LogP contribution in [-0.2, 0) is 4.74 Å². The summed E-state index contributed by atoms with van der Waals surface area (Å²) in [6.45, 7) is 6.25. The van der Waals surface area contributed by atoms with Gasteiger partial charge in [0.15, 0.2) is 5.96 Å². The lowest BCUT2D eigenvalue weighted by Crippen LogP contribution is -2.44. The van der Waals surface area contributed by atoms with Gasteiger partial charge < -0.3 is 24.6 Å². The summed E-state index contributed by atoms with van der Waals surface area (Å²) >= 11 is 0. The van der Waals surface area contributed by atoms with Gasteiger partial charge in [0.2, 0.25) is 0 Å². The molecule has 2 rings (SSSR count). The standard InChI is InChI=1S/C20H33FN4O2.HI/c1-22-20(23-16-17-8-10-25(11-9-17)13-14-26-3)24(2)12-15-27-19-6-4-18(21)5-7-19;/h4-7,17H,8-16H2,1-3H3,(H,22,23);1H. The number of hydrogen-bond donors (Lipinski definition) is 1. The number of hydrogen-bond acceptors (Lipinski definition) is 4. The Hall–Kier alpha value is -1.13. The highest BCUT2D eigenvalue weighted by Crippen LogP contribution is 2.16. The van der Waals surface area contributed by atoms with E-state index in [2.05, 4.69) is 20.1 Å². The van der Waals surface area contributed by atoms with Crippen molar-refractivity contribution in [3.8, 4) is 5.75 Å². The van der Waals surface area contributed by atoms with Crippen LogP contribution in [0.4, 0.5) is 4.39 Å². The molecular weight excluding hydrogens is 474 g/mol. The maximum Gasteiger partial charge on any atom is 0.193 e. The van der Waals surface area contributed by atoms with Gasteiger partial charge in [-0.15, -0.1) is 24.0 Å². The van der Waals surface area contributed by atoms with Crippen molar-refractivity contribution in [2.24, 2.45) is 10.9 Å². The number of guanidine groups is 1. The second-order valence-corrected chi connectivity index (χ2v) is 6.93. The fourth-order valence-corrected chi connectivity index (χ4v) is 3.19. The van der Waals surface area contributed by atoms with Crippen LogP contribution in [0.5, 0.6) is 5.75 Å². The van der Waals surface area contributed by atoms with Gasteiger partial charge in [0.25, 0.3) is 0 Å². The summed E-state index contributed by atoms with van der Waals surface area (Å²) < 4.78 is 23.7. The lowest BCUT2D eigenvalue weighted by molar-refractivity contribution is 0.120. The molecule has 1 saturated heterocycles. The Morgan fingerprint density at radius 3 is 2.54 bits per heavy atom. The van der Waals surface area contributed by atoms with E-state index in [4.69, 9.17) is 9.47 Å². The van der Waals surface area contributed by atoms with Crippen LogP contribution in [0.2, 0.25) is 0 Å². The summed E-state index contributed by atoms with van der Waals surface area (Å²) in [7, 11) is 5.55. The van der Waals surface area contributed by atoms with Gasteiger partial charge in [-0.1, -0.05) is 0 Å². The molecule has 6 nitrogen and oxygen atoms in total. The monoisotopic (exact) mass is 508 g/mol. The second kappa shape index (κ2) is 13.9. The number of benzene rings is 1. The summed E-state index contributed by atoms with van der Waals surface area (Å²) in [6.07, 6.45) is 2.40. The smallest absolute Gasteiger partial charge is 0.193 e. The molecule has 1 heterocycles. The molecule has 1 aliphatic rings. The van der Waals surface area contributed by atoms with Crippen LogP contribution in [0.25, 0.3) is 0 Å². The summed E-state index contributed by atoms with van der Waals surface area (Å²) in [6, 6.07) is 6.09. The van der Waals surface area contributed by atoms with Crippen LogP contribution in [0, 0.1) is 11.7 Å². The van der Waals surface area contributed by atoms with E-state index in [9.17, 15) is 4.39 Å². The SMILES string of the molecule is CN=C(NCC1CCN(CCOC)CC1)N(C)CCOc1ccc(F)cc1.I. The topological polar surface area (TPSA) is 49.3 Å². The first-order valence-corrected chi connectivity index (χ1v) is 9.63. The van der Waals surface area contributed by atoms with Gasteiger partial charge in [0.05, 0.1) is 13.2 Å². The quantitative estimate of drug-likeness (QED) is 0.316. The van der Waals surface area contributed by atoms with E-state index in [1.54, 1.807) is 26.3 Å². The molecule has 160 valence electrons. The third-order valence-electron chi connectivity index (χ3n) is 4.95. The number of ether oxygens (including phenoxy) is 2. The molecule has 1 aromatic carbocycles. The molecule has 1 fully saturated rings. The minimum Gasteiger partial charge on any atom is -0.492 e. The molecule has 0 aromatic heterocycles. The summed E-state index contributed by atoms with van der Waals surface area (Å²) in [5.74, 6) is 1.96. The normalized spacial score (nSPS) is 15.8. The lowest BCUT2D eigenvalue weighted by Gasteiger charge is -2.32. The molecular formula is C20H34FIN4O2. The average molecular weight is 508 g/mol. The summed E-state index contributed by atoms with van der Waals surface area (Å²) in [5.41, 5.74) is 0. The fraction of sp³-hybridized carbons (Fsp3) is 0.650. The minimum absolute atomic E-state index is 0. The van der Waals surface area contributed by atoms with Gasteiger partial charge in [-0.05, 0) is 56.1 Å². The Bertz CT molecular complexity index is 566. The van der Waals surface area contributed by atoms with E-state index >= 15 is 0 Å². The number of likely N-dealkylation sites (tertiary alicyclic amines) is 1. The maximum absolute atomic E-state index is 12.9. The number of nitrogens with zero attached hydrogens (tertiary/aromatic N) is 3. The Labute approximate surface area is 185 Å². The van der Waals surface area contributed by atoms with Gasteiger partial charge >= 0.3 is 0 Å². The van der Waals surface area contributed by atoms with Crippen molar-refractivity contribution in [2.45, 2.75) is 12.8 Å². The van der Waals surface area contributed by atoms with Crippen molar-refractivity contribution < 1.29 is 13.9 Å². The Morgan fingerprint density at radius 2 is 1.93 bits per heavy atom. The average Bonchev–Trinajstić information content (AvgIpc) is 2.69. The first kappa shape index (κ1) is 24.9. The van der Waals surface area contributed by atoms with Crippen molar-refractivity contribution in [1.29, 1.82) is 0 Å². The zero-order chi connectivity index (χ0) is 19.5. The number of methoxy groups -OCH3 is 1. The Kier molecular flexibility index (Phi) is 12.4. The van der Waals surface area contributed by atoms with Crippen molar-refractivity contribution >= 4 is 29.9 Å². The fourth-order valence-electron chi connectivity index (χ4n) is 3.19. The van der Waals surface area contributed by atoms with Crippen molar-refractivity contribution in [1.82, 2.24) is 15.1 Å². The van der Waals surface area contributed by atoms with E-state index in [0.29, 0.717) is 24.8 Å². The molecule has 0 saturated carbocycles. The van der Waals surface area contributed by atoms with Crippen LogP contribution in [0.3, 0.4) is 0 Å². The van der Waals surface area contributed by atoms with E-state index in [-0.39, 0.29) is 29.8 Å². The van der Waals surface area contributed by atoms with Crippen LogP contribution in [0.15, 0.2) is 29.3 Å². The highest BCUT2D eigenvalue weighted by molar-refractivity contribution is 14.0. The highest BCUT2D eigenvalue weighted by atomic mass is 127. The zero-order valence-electron chi connectivity index (χ0n) is 17.2. The zero-order valence-corrected chi connectivity index (χ0v) is 19.5. The number of nitrogens with one attached hydrogen (secondary N) is 1. The third kappa shape index (κ3) is 8.91. The number of halogens is 2. The molecule has 0 unspecified atom stereocenters. The first-order chi connectivity index (χ1) is 13.1. The molecule has 1 aromatic rings. The summed E-state index contributed by atoms with van der Waals surface area (Å²) in [4.78, 5) is 8.88. The van der Waals surface area contributed by atoms with Crippen LogP contribution in [0.1, 0.15) is 12.8 Å². The third-order valence-corrected chi connectivity index (χ3v) is 4.95. The molecule has 0 spiro atoms. The predicted octanol–water partition coefficient (Wildman–Crippen LogP) is 2.69. The van der Waals surface area contributed by atoms with Crippen molar-refractivity contribution in [3.05, 3.63) is 30.1 Å². The highest BCUT2D eigenvalue weighted by Gasteiger charge is 2.19. The van der Waals surface area contributed by atoms with Crippen LogP contribution >= 0.6 is 24.0 Å². The van der Waals surface area contributed by atoms with Gasteiger partial charge in [-0.25, -0.2) is 4.39 Å². The minimum atomic E-state index is -0.256. The largest absolute Gasteiger partial charge is 0.492 e. The molecule has 28 heavy (non-hydrogen) atoms. The van der Waals surface area contributed by atoms with E-state index in [1.165, 1.54) is 25.0 Å². The van der Waals surface area contributed by atoms with Crippen molar-refractivity contribution in [3.63, 3.8) is 0 Å². The second-order valence-electron chi connectivity index (χ2n) is 6.93. The van der Waals surface area contributed by atoms with Gasteiger partial charge in [0.1, 0.15) is 18.2 Å². The number of likely N-dealkylation sites (N-methyl/N-ethyl adjacent to an activating group) is 1. The van der Waals surface area contributed by atoms with Crippen molar-refractivity contribution in [2.75, 3.05) is 67.1 Å². The number of piperidine rings is 1. The predicted molar refractivity (Wildman–Crippen MR) is 122 cm³/mol. The van der Waals surface area contributed by atoms with Gasteiger partial charge in [0, 0.05) is 34.3 Å². The van der Waals surface area contributed by atoms with Crippen LogP contribution in [-0.4, -0.2) is 82.9 Å². The maximum atomic E-state index is 12.9. The first-order valence-electron chi connectivity index (χ1n) is 9.63. The Morgan fingerprint density at radius 1 is 1.25 bits per heavy atom. The molecule has 1 aliphatic heterocycles. The lowest BCUT2D eigenvalue weighted by atomic mass is 9.97. The van der Waals surface area contributed by atoms with E-state index in [0.717, 1.165) is 38.7 Å². The van der Waals surface area contributed by atoms with Gasteiger partial charge in [-0.2, -0.15) is 0 Å². The molecule has 0 bridgehead atoms. The Balaban J connectivity index is 0.00000392. The number of aliphatic imine (C=N–C) groups is 1. The molecule has 0 radical (unpaired) electrons. The molecule has 8 heteroatoms. The van der Waals surface area contributed by atoms with E-state index in [1.807, 2.05) is 7.05 Å². The molecule has 0 atom stereocenters. The molecule has 1 N–H and O–H groups in total. The summed E-state index contributed by atoms with van der Waals surface area (Å²) in [5, 5.41) is 3.48.